The molecule has 5 heteroatoms. The molecule has 2 radical (unpaired) electrons. The van der Waals surface area contributed by atoms with E-state index in [0.717, 1.165) is 16.8 Å². The van der Waals surface area contributed by atoms with Crippen molar-refractivity contribution in [3.8, 4) is 11.3 Å². The first-order valence-corrected chi connectivity index (χ1v) is 6.09. The topological polar surface area (TPSA) is 41.2 Å². The van der Waals surface area contributed by atoms with Crippen molar-refractivity contribution in [1.82, 2.24) is 9.38 Å². The van der Waals surface area contributed by atoms with E-state index in [0.29, 0.717) is 5.46 Å². The Morgan fingerprint density at radius 1 is 1.20 bits per heavy atom. The number of aromatic nitrogens is 2. The summed E-state index contributed by atoms with van der Waals surface area (Å²) >= 11 is 0. The van der Waals surface area contributed by atoms with Gasteiger partial charge < -0.3 is 9.81 Å². The van der Waals surface area contributed by atoms with Crippen molar-refractivity contribution in [2.45, 2.75) is 6.92 Å². The van der Waals surface area contributed by atoms with E-state index in [9.17, 15) is 4.39 Å². The molecule has 3 rings (SSSR count). The molecule has 1 N–H and O–H groups in total. The monoisotopic (exact) mass is 265 g/mol. The summed E-state index contributed by atoms with van der Waals surface area (Å²) in [6.07, 6.45) is 4.75. The summed E-state index contributed by atoms with van der Waals surface area (Å²) < 4.78 is 14.7. The molecule has 0 spiro atoms. The zero-order valence-corrected chi connectivity index (χ0v) is 11.0. The second-order valence-electron chi connectivity index (χ2n) is 4.14. The van der Waals surface area contributed by atoms with Crippen LogP contribution in [-0.4, -0.2) is 23.4 Å². The van der Waals surface area contributed by atoms with Crippen LogP contribution in [0.5, 0.6) is 0 Å². The van der Waals surface area contributed by atoms with Gasteiger partial charge in [0.15, 0.2) is 0 Å². The van der Waals surface area contributed by atoms with Gasteiger partial charge in [0.2, 0.25) is 0 Å². The van der Waals surface area contributed by atoms with Gasteiger partial charge in [0.05, 0.1) is 17.5 Å². The van der Waals surface area contributed by atoms with Crippen molar-refractivity contribution in [3.05, 3.63) is 54.7 Å². The standard InChI is InChI=1S/C13H8BFN2.C2H5N/c14-10-3-6-12-13(16-8-17(12)7-10)9-1-4-11(15)5-2-9;1-2-3/h1-8H;2-3H,1H3. The fourth-order valence-corrected chi connectivity index (χ4v) is 1.85. The largest absolute Gasteiger partial charge is 0.313 e. The minimum Gasteiger partial charge on any atom is -0.313 e. The number of hydrogen-bond acceptors (Lipinski definition) is 2. The second-order valence-corrected chi connectivity index (χ2v) is 4.14. The Kier molecular flexibility index (Phi) is 4.30. The van der Waals surface area contributed by atoms with Gasteiger partial charge in [-0.05, 0) is 43.5 Å². The molecule has 0 atom stereocenters. The van der Waals surface area contributed by atoms with Crippen molar-refractivity contribution in [3.63, 3.8) is 0 Å². The molecule has 2 aromatic heterocycles. The molecule has 20 heavy (non-hydrogen) atoms. The Bertz CT molecular complexity index is 720. The van der Waals surface area contributed by atoms with Gasteiger partial charge in [-0.2, -0.15) is 0 Å². The third-order valence-corrected chi connectivity index (χ3v) is 2.67. The number of fused-ring (bicyclic) bond motifs is 1. The Morgan fingerprint density at radius 2 is 1.85 bits per heavy atom. The van der Waals surface area contributed by atoms with E-state index < -0.39 is 0 Å². The Balaban J connectivity index is 0.000000452. The predicted octanol–water partition coefficient (Wildman–Crippen LogP) is 2.59. The summed E-state index contributed by atoms with van der Waals surface area (Å²) in [5.41, 5.74) is 3.34. The van der Waals surface area contributed by atoms with Crippen LogP contribution in [-0.2, 0) is 0 Å². The minimum atomic E-state index is -0.249. The lowest BCUT2D eigenvalue weighted by Crippen LogP contribution is -2.03. The number of imidazole rings is 1. The van der Waals surface area contributed by atoms with Crippen molar-refractivity contribution >= 4 is 25.0 Å². The molecule has 98 valence electrons. The molecule has 0 unspecified atom stereocenters. The Hall–Kier alpha value is -2.43. The lowest BCUT2D eigenvalue weighted by atomic mass is 9.98. The fourth-order valence-electron chi connectivity index (χ4n) is 1.85. The fraction of sp³-hybridized carbons (Fsp3) is 0.0667. The highest BCUT2D eigenvalue weighted by atomic mass is 19.1. The first kappa shape index (κ1) is 14.0. The van der Waals surface area contributed by atoms with Crippen molar-refractivity contribution in [2.75, 3.05) is 0 Å². The summed E-state index contributed by atoms with van der Waals surface area (Å²) in [6, 6.07) is 10.0. The van der Waals surface area contributed by atoms with E-state index >= 15 is 0 Å². The maximum Gasteiger partial charge on any atom is 0.123 e. The van der Waals surface area contributed by atoms with Crippen LogP contribution >= 0.6 is 0 Å². The molecule has 1 aromatic carbocycles. The van der Waals surface area contributed by atoms with Crippen LogP contribution in [0.15, 0.2) is 48.9 Å². The first-order chi connectivity index (χ1) is 9.65. The maximum absolute atomic E-state index is 12.9. The van der Waals surface area contributed by atoms with Crippen molar-refractivity contribution in [2.24, 2.45) is 0 Å². The van der Waals surface area contributed by atoms with E-state index in [1.807, 2.05) is 16.5 Å². The highest BCUT2D eigenvalue weighted by Gasteiger charge is 2.06. The van der Waals surface area contributed by atoms with Crippen LogP contribution in [0, 0.1) is 11.2 Å². The van der Waals surface area contributed by atoms with Gasteiger partial charge in [-0.1, -0.05) is 11.5 Å². The zero-order valence-electron chi connectivity index (χ0n) is 11.0. The summed E-state index contributed by atoms with van der Waals surface area (Å²) in [4.78, 5) is 4.32. The number of pyridine rings is 1. The van der Waals surface area contributed by atoms with E-state index in [1.165, 1.54) is 18.3 Å². The van der Waals surface area contributed by atoms with Gasteiger partial charge in [-0.15, -0.1) is 0 Å². The van der Waals surface area contributed by atoms with E-state index in [4.69, 9.17) is 13.3 Å². The average molecular weight is 265 g/mol. The SMILES string of the molecule is CC=N.[B]c1ccc2c(-c3ccc(F)cc3)ncn2c1. The molecule has 2 heterocycles. The highest BCUT2D eigenvalue weighted by molar-refractivity contribution is 6.32. The van der Waals surface area contributed by atoms with Crippen LogP contribution < -0.4 is 5.46 Å². The summed E-state index contributed by atoms with van der Waals surface area (Å²) in [6.45, 7) is 1.67. The number of halogens is 1. The minimum absolute atomic E-state index is 0.249. The summed E-state index contributed by atoms with van der Waals surface area (Å²) in [5, 5.41) is 6.08. The van der Waals surface area contributed by atoms with E-state index in [-0.39, 0.29) is 5.82 Å². The van der Waals surface area contributed by atoms with Gasteiger partial charge in [-0.3, -0.25) is 0 Å². The number of nitrogens with zero attached hydrogens (tertiary/aromatic N) is 2. The number of nitrogens with one attached hydrogen (secondary N) is 1. The third kappa shape index (κ3) is 2.94. The molecular weight excluding hydrogens is 252 g/mol. The van der Waals surface area contributed by atoms with Crippen LogP contribution in [0.2, 0.25) is 0 Å². The lowest BCUT2D eigenvalue weighted by Gasteiger charge is -2.00. The maximum atomic E-state index is 12.9. The molecule has 0 amide bonds. The number of hydrogen-bond donors (Lipinski definition) is 1. The highest BCUT2D eigenvalue weighted by Crippen LogP contribution is 2.22. The molecule has 0 aliphatic heterocycles. The molecule has 3 aromatic rings. The van der Waals surface area contributed by atoms with Crippen LogP contribution in [0.3, 0.4) is 0 Å². The number of rotatable bonds is 1. The van der Waals surface area contributed by atoms with Gasteiger partial charge in [0, 0.05) is 11.8 Å². The van der Waals surface area contributed by atoms with Crippen LogP contribution in [0.25, 0.3) is 16.8 Å². The smallest absolute Gasteiger partial charge is 0.123 e. The van der Waals surface area contributed by atoms with Crippen molar-refractivity contribution < 1.29 is 4.39 Å². The first-order valence-electron chi connectivity index (χ1n) is 6.09. The van der Waals surface area contributed by atoms with Crippen molar-refractivity contribution in [1.29, 1.82) is 5.41 Å². The molecule has 0 saturated heterocycles. The van der Waals surface area contributed by atoms with Crippen LogP contribution in [0.4, 0.5) is 4.39 Å². The molecule has 0 saturated carbocycles. The van der Waals surface area contributed by atoms with E-state index in [2.05, 4.69) is 4.98 Å². The Labute approximate surface area is 118 Å². The quantitative estimate of drug-likeness (QED) is 0.533. The van der Waals surface area contributed by atoms with Crippen LogP contribution in [0.1, 0.15) is 6.92 Å². The van der Waals surface area contributed by atoms with Gasteiger partial charge in [0.1, 0.15) is 13.7 Å². The number of benzene rings is 1. The Morgan fingerprint density at radius 3 is 2.50 bits per heavy atom. The van der Waals surface area contributed by atoms with E-state index in [1.54, 1.807) is 31.6 Å². The molecular formula is C15H13BFN3. The van der Waals surface area contributed by atoms with Gasteiger partial charge in [0.25, 0.3) is 0 Å². The lowest BCUT2D eigenvalue weighted by molar-refractivity contribution is 0.628. The molecule has 0 aliphatic carbocycles. The summed E-state index contributed by atoms with van der Waals surface area (Å²) in [7, 11) is 5.69. The third-order valence-electron chi connectivity index (χ3n) is 2.67. The predicted molar refractivity (Wildman–Crippen MR) is 80.4 cm³/mol. The van der Waals surface area contributed by atoms with Gasteiger partial charge in [-0.25, -0.2) is 9.37 Å². The second kappa shape index (κ2) is 6.15. The van der Waals surface area contributed by atoms with Gasteiger partial charge >= 0.3 is 0 Å². The summed E-state index contributed by atoms with van der Waals surface area (Å²) in [5.74, 6) is -0.249. The zero-order chi connectivity index (χ0) is 14.5. The molecule has 0 aliphatic rings. The molecule has 0 bridgehead atoms. The normalized spacial score (nSPS) is 9.90. The molecule has 3 nitrogen and oxygen atoms in total. The molecule has 0 fully saturated rings. The average Bonchev–Trinajstić information content (AvgIpc) is 2.83.